The number of benzene rings is 3. The van der Waals surface area contributed by atoms with Crippen molar-refractivity contribution in [3.63, 3.8) is 0 Å². The van der Waals surface area contributed by atoms with Crippen LogP contribution in [0.25, 0.3) is 10.9 Å². The van der Waals surface area contributed by atoms with Gasteiger partial charge in [0.15, 0.2) is 0 Å². The largest absolute Gasteiger partial charge is 0.573 e. The molecule has 0 saturated carbocycles. The lowest BCUT2D eigenvalue weighted by molar-refractivity contribution is -0.274. The number of nitrogens with one attached hydrogen (secondary N) is 1. The molecule has 0 unspecified atom stereocenters. The number of alkyl halides is 3. The van der Waals surface area contributed by atoms with Crippen LogP contribution in [0.4, 0.5) is 18.9 Å². The van der Waals surface area contributed by atoms with Gasteiger partial charge in [-0.2, -0.15) is 0 Å². The predicted molar refractivity (Wildman–Crippen MR) is 152 cm³/mol. The molecular weight excluding hydrogens is 539 g/mol. The Hall–Kier alpha value is -3.65. The summed E-state index contributed by atoms with van der Waals surface area (Å²) < 4.78 is 43.3. The molecule has 1 fully saturated rings. The molecule has 0 spiro atoms. The molecule has 0 atom stereocenters. The van der Waals surface area contributed by atoms with E-state index in [0.717, 1.165) is 60.2 Å². The Morgan fingerprint density at radius 2 is 1.70 bits per heavy atom. The maximum Gasteiger partial charge on any atom is 0.573 e. The molecule has 3 aromatic carbocycles. The minimum Gasteiger partial charge on any atom is -0.406 e. The minimum absolute atomic E-state index is 0.112. The number of carbonyl (C=O) groups is 1. The number of hydrogen-bond donors (Lipinski definition) is 1. The van der Waals surface area contributed by atoms with Crippen LogP contribution in [0.1, 0.15) is 52.9 Å². The van der Waals surface area contributed by atoms with Gasteiger partial charge in [-0.05, 0) is 78.8 Å². The summed E-state index contributed by atoms with van der Waals surface area (Å²) >= 11 is 6.23. The summed E-state index contributed by atoms with van der Waals surface area (Å²) in [6.07, 6.45) is -2.07. The molecule has 1 aliphatic rings. The van der Waals surface area contributed by atoms with Crippen LogP contribution in [0.3, 0.4) is 0 Å². The Balaban J connectivity index is 1.17. The van der Waals surface area contributed by atoms with E-state index in [-0.39, 0.29) is 11.7 Å². The van der Waals surface area contributed by atoms with Crippen molar-refractivity contribution in [3.05, 3.63) is 94.1 Å². The number of aromatic nitrogens is 1. The number of aryl methyl sites for hydroxylation is 1. The quantitative estimate of drug-likeness (QED) is 0.249. The molecule has 1 amide bonds. The minimum atomic E-state index is -4.69. The van der Waals surface area contributed by atoms with E-state index in [4.69, 9.17) is 11.6 Å². The molecule has 210 valence electrons. The first-order valence-corrected chi connectivity index (χ1v) is 13.8. The fourth-order valence-electron chi connectivity index (χ4n) is 5.64. The monoisotopic (exact) mass is 569 g/mol. The summed E-state index contributed by atoms with van der Waals surface area (Å²) in [5.74, 6) is 0.0779. The standard InChI is InChI=1S/C31H31ClF3N3O2/c1-3-27-29(26-18-23(32)8-13-28(26)37(27)2)30(39)36-19-20-4-6-21(7-5-20)22-14-16-38(17-15-22)24-9-11-25(12-10-24)40-31(33,34)35/h4-13,18,22H,3,14-17,19H2,1-2H3,(H,36,39). The van der Waals surface area contributed by atoms with Crippen LogP contribution in [0, 0.1) is 0 Å². The first-order chi connectivity index (χ1) is 19.1. The second kappa shape index (κ2) is 11.5. The van der Waals surface area contributed by atoms with Gasteiger partial charge < -0.3 is 19.5 Å². The molecule has 5 rings (SSSR count). The first-order valence-electron chi connectivity index (χ1n) is 13.4. The van der Waals surface area contributed by atoms with E-state index < -0.39 is 6.36 Å². The van der Waals surface area contributed by atoms with Crippen molar-refractivity contribution in [2.45, 2.75) is 45.0 Å². The number of anilines is 1. The maximum atomic E-state index is 13.2. The number of halogens is 4. The van der Waals surface area contributed by atoms with Crippen molar-refractivity contribution in [2.75, 3.05) is 18.0 Å². The fourth-order valence-corrected chi connectivity index (χ4v) is 5.82. The van der Waals surface area contributed by atoms with E-state index >= 15 is 0 Å². The van der Waals surface area contributed by atoms with Crippen molar-refractivity contribution < 1.29 is 22.7 Å². The molecule has 40 heavy (non-hydrogen) atoms. The van der Waals surface area contributed by atoms with E-state index in [1.54, 1.807) is 12.1 Å². The highest BCUT2D eigenvalue weighted by Crippen LogP contribution is 2.32. The van der Waals surface area contributed by atoms with Crippen molar-refractivity contribution in [3.8, 4) is 5.75 Å². The second-order valence-electron chi connectivity index (χ2n) is 10.1. The first kappa shape index (κ1) is 27.9. The Morgan fingerprint density at radius 1 is 1.02 bits per heavy atom. The summed E-state index contributed by atoms with van der Waals surface area (Å²) in [6.45, 7) is 4.10. The Labute approximate surface area is 236 Å². The molecule has 1 aliphatic heterocycles. The van der Waals surface area contributed by atoms with Gasteiger partial charge in [0.1, 0.15) is 5.75 Å². The van der Waals surface area contributed by atoms with Gasteiger partial charge in [0.25, 0.3) is 5.91 Å². The zero-order valence-corrected chi connectivity index (χ0v) is 23.1. The number of rotatable bonds is 7. The zero-order chi connectivity index (χ0) is 28.4. The molecule has 1 saturated heterocycles. The predicted octanol–water partition coefficient (Wildman–Crippen LogP) is 7.61. The number of piperidine rings is 1. The van der Waals surface area contributed by atoms with Gasteiger partial charge in [-0.15, -0.1) is 13.2 Å². The molecule has 1 aromatic heterocycles. The number of fused-ring (bicyclic) bond motifs is 1. The Morgan fingerprint density at radius 3 is 2.33 bits per heavy atom. The Kier molecular flexibility index (Phi) is 7.99. The summed E-state index contributed by atoms with van der Waals surface area (Å²) in [5.41, 5.74) is 5.79. The van der Waals surface area contributed by atoms with Gasteiger partial charge in [0.05, 0.1) is 5.56 Å². The third-order valence-electron chi connectivity index (χ3n) is 7.68. The van der Waals surface area contributed by atoms with Gasteiger partial charge in [0, 0.05) is 54.0 Å². The average molecular weight is 570 g/mol. The zero-order valence-electron chi connectivity index (χ0n) is 22.4. The summed E-state index contributed by atoms with van der Waals surface area (Å²) in [4.78, 5) is 15.4. The molecule has 1 N–H and O–H groups in total. The number of hydrogen-bond acceptors (Lipinski definition) is 3. The summed E-state index contributed by atoms with van der Waals surface area (Å²) in [7, 11) is 1.97. The number of amides is 1. The highest BCUT2D eigenvalue weighted by atomic mass is 35.5. The third kappa shape index (κ3) is 6.07. The third-order valence-corrected chi connectivity index (χ3v) is 7.91. The molecule has 4 aromatic rings. The van der Waals surface area contributed by atoms with Crippen LogP contribution in [-0.4, -0.2) is 29.9 Å². The van der Waals surface area contributed by atoms with Crippen LogP contribution < -0.4 is 15.0 Å². The van der Waals surface area contributed by atoms with E-state index in [9.17, 15) is 18.0 Å². The van der Waals surface area contributed by atoms with Gasteiger partial charge >= 0.3 is 6.36 Å². The molecule has 0 aliphatic carbocycles. The lowest BCUT2D eigenvalue weighted by Gasteiger charge is -2.34. The van der Waals surface area contributed by atoms with Gasteiger partial charge in [0.2, 0.25) is 0 Å². The topological polar surface area (TPSA) is 46.5 Å². The Bertz CT molecular complexity index is 1490. The van der Waals surface area contributed by atoms with Gasteiger partial charge in [-0.1, -0.05) is 42.8 Å². The fraction of sp³-hybridized carbons (Fsp3) is 0.323. The van der Waals surface area contributed by atoms with E-state index in [1.807, 2.05) is 32.2 Å². The molecule has 9 heteroatoms. The number of ether oxygens (including phenoxy) is 1. The maximum absolute atomic E-state index is 13.2. The normalized spacial score (nSPS) is 14.5. The van der Waals surface area contributed by atoms with Crippen LogP contribution in [0.5, 0.6) is 5.75 Å². The van der Waals surface area contributed by atoms with Crippen LogP contribution >= 0.6 is 11.6 Å². The van der Waals surface area contributed by atoms with E-state index in [2.05, 4.69) is 43.8 Å². The smallest absolute Gasteiger partial charge is 0.406 e. The van der Waals surface area contributed by atoms with Crippen molar-refractivity contribution in [2.24, 2.45) is 7.05 Å². The molecule has 0 radical (unpaired) electrons. The van der Waals surface area contributed by atoms with Crippen molar-refractivity contribution >= 4 is 34.1 Å². The lowest BCUT2D eigenvalue weighted by atomic mass is 9.89. The van der Waals surface area contributed by atoms with Crippen molar-refractivity contribution in [1.29, 1.82) is 0 Å². The SMILES string of the molecule is CCc1c(C(=O)NCc2ccc(C3CCN(c4ccc(OC(F)(F)F)cc4)CC3)cc2)c2cc(Cl)ccc2n1C. The molecule has 2 heterocycles. The second-order valence-corrected chi connectivity index (χ2v) is 10.6. The van der Waals surface area contributed by atoms with Gasteiger partial charge in [-0.25, -0.2) is 0 Å². The average Bonchev–Trinajstić information content (AvgIpc) is 3.22. The van der Waals surface area contributed by atoms with Crippen LogP contribution in [0.15, 0.2) is 66.7 Å². The van der Waals surface area contributed by atoms with Crippen molar-refractivity contribution in [1.82, 2.24) is 9.88 Å². The molecule has 5 nitrogen and oxygen atoms in total. The van der Waals surface area contributed by atoms with Crippen LogP contribution in [0.2, 0.25) is 5.02 Å². The molecular formula is C31H31ClF3N3O2. The van der Waals surface area contributed by atoms with E-state index in [0.29, 0.717) is 23.0 Å². The van der Waals surface area contributed by atoms with E-state index in [1.165, 1.54) is 17.7 Å². The summed E-state index contributed by atoms with van der Waals surface area (Å²) in [6, 6.07) is 20.0. The number of nitrogens with zero attached hydrogens (tertiary/aromatic N) is 2. The lowest BCUT2D eigenvalue weighted by Crippen LogP contribution is -2.32. The van der Waals surface area contributed by atoms with Gasteiger partial charge in [-0.3, -0.25) is 4.79 Å². The van der Waals surface area contributed by atoms with Crippen LogP contribution in [-0.2, 0) is 20.0 Å². The molecule has 0 bridgehead atoms. The summed E-state index contributed by atoms with van der Waals surface area (Å²) in [5, 5.41) is 4.54. The highest BCUT2D eigenvalue weighted by molar-refractivity contribution is 6.31. The highest BCUT2D eigenvalue weighted by Gasteiger charge is 2.31. The number of carbonyl (C=O) groups excluding carboxylic acids is 1.